The van der Waals surface area contributed by atoms with Crippen molar-refractivity contribution < 1.29 is 17.9 Å². The van der Waals surface area contributed by atoms with Gasteiger partial charge in [-0.05, 0) is 49.9 Å². The van der Waals surface area contributed by atoms with Gasteiger partial charge >= 0.3 is 0 Å². The first-order valence-corrected chi connectivity index (χ1v) is 9.06. The summed E-state index contributed by atoms with van der Waals surface area (Å²) in [5, 5.41) is 0. The van der Waals surface area contributed by atoms with E-state index < -0.39 is 10.0 Å². The van der Waals surface area contributed by atoms with Crippen molar-refractivity contribution in [3.8, 4) is 0 Å². The number of ether oxygens (including phenoxy) is 1. The number of carbonyl (C=O) groups is 1. The molecule has 1 N–H and O–H groups in total. The second-order valence-corrected chi connectivity index (χ2v) is 7.15. The van der Waals surface area contributed by atoms with Crippen molar-refractivity contribution >= 4 is 21.5 Å². The Kier molecular flexibility index (Phi) is 5.36. The number of anilines is 1. The third-order valence-electron chi connectivity index (χ3n) is 3.48. The van der Waals surface area contributed by atoms with Gasteiger partial charge < -0.3 is 4.74 Å². The summed E-state index contributed by atoms with van der Waals surface area (Å²) in [5.41, 5.74) is 1.06. The summed E-state index contributed by atoms with van der Waals surface area (Å²) in [6, 6.07) is 6.51. The van der Waals surface area contributed by atoms with Crippen molar-refractivity contribution in [1.82, 2.24) is 0 Å². The molecule has 0 saturated carbocycles. The summed E-state index contributed by atoms with van der Waals surface area (Å²) in [6.07, 6.45) is 5.82. The van der Waals surface area contributed by atoms with Crippen LogP contribution in [0.2, 0.25) is 0 Å². The van der Waals surface area contributed by atoms with Crippen molar-refractivity contribution in [2.75, 3.05) is 17.6 Å². The van der Waals surface area contributed by atoms with E-state index in [2.05, 4.69) is 4.72 Å². The fraction of sp³-hybridized carbons (Fsp3) is 0.533. The fourth-order valence-electron chi connectivity index (χ4n) is 2.41. The van der Waals surface area contributed by atoms with Gasteiger partial charge in [-0.15, -0.1) is 0 Å². The van der Waals surface area contributed by atoms with Crippen LogP contribution in [0.1, 0.15) is 42.5 Å². The molecule has 0 bridgehead atoms. The van der Waals surface area contributed by atoms with E-state index in [1.807, 2.05) is 0 Å². The van der Waals surface area contributed by atoms with Crippen molar-refractivity contribution in [3.63, 3.8) is 0 Å². The molecule has 5 nitrogen and oxygen atoms in total. The molecule has 1 aromatic carbocycles. The minimum atomic E-state index is -3.29. The Balaban J connectivity index is 1.87. The van der Waals surface area contributed by atoms with Gasteiger partial charge in [0.15, 0.2) is 5.78 Å². The fourth-order valence-corrected chi connectivity index (χ4v) is 2.97. The molecule has 1 aromatic rings. The molecule has 2 rings (SSSR count). The lowest BCUT2D eigenvalue weighted by atomic mass is 10.0. The quantitative estimate of drug-likeness (QED) is 0.820. The molecule has 6 heteroatoms. The highest BCUT2D eigenvalue weighted by molar-refractivity contribution is 7.92. The first kappa shape index (κ1) is 16.0. The Hall–Kier alpha value is -1.40. The van der Waals surface area contributed by atoms with Crippen LogP contribution in [-0.2, 0) is 14.8 Å². The minimum Gasteiger partial charge on any atom is -0.378 e. The number of hydrogen-bond donors (Lipinski definition) is 1. The summed E-state index contributed by atoms with van der Waals surface area (Å²) < 4.78 is 30.2. The van der Waals surface area contributed by atoms with E-state index in [9.17, 15) is 13.2 Å². The molecule has 1 heterocycles. The molecule has 1 aliphatic heterocycles. The lowest BCUT2D eigenvalue weighted by molar-refractivity contribution is 0.0104. The zero-order valence-corrected chi connectivity index (χ0v) is 13.0. The maximum atomic E-state index is 12.1. The van der Waals surface area contributed by atoms with Crippen molar-refractivity contribution in [2.24, 2.45) is 0 Å². The topological polar surface area (TPSA) is 72.5 Å². The molecule has 1 fully saturated rings. The molecule has 0 radical (unpaired) electrons. The van der Waals surface area contributed by atoms with Crippen LogP contribution >= 0.6 is 0 Å². The molecule has 0 spiro atoms. The zero-order valence-electron chi connectivity index (χ0n) is 12.2. The van der Waals surface area contributed by atoms with Crippen molar-refractivity contribution in [2.45, 2.75) is 38.2 Å². The average Bonchev–Trinajstić information content (AvgIpc) is 2.45. The molecule has 1 saturated heterocycles. The van der Waals surface area contributed by atoms with Crippen molar-refractivity contribution in [1.29, 1.82) is 0 Å². The molecule has 1 aliphatic rings. The molecule has 1 atom stereocenters. The van der Waals surface area contributed by atoms with Gasteiger partial charge in [0.05, 0.1) is 12.4 Å². The molecule has 1 unspecified atom stereocenters. The van der Waals surface area contributed by atoms with Gasteiger partial charge in [-0.3, -0.25) is 9.52 Å². The van der Waals surface area contributed by atoms with Gasteiger partial charge in [-0.25, -0.2) is 8.42 Å². The lowest BCUT2D eigenvalue weighted by Gasteiger charge is -2.22. The summed E-state index contributed by atoms with van der Waals surface area (Å²) in [6.45, 7) is 0.796. The van der Waals surface area contributed by atoms with Crippen molar-refractivity contribution in [3.05, 3.63) is 29.8 Å². The van der Waals surface area contributed by atoms with Gasteiger partial charge in [0.1, 0.15) is 0 Å². The summed E-state index contributed by atoms with van der Waals surface area (Å²) in [7, 11) is -3.29. The highest BCUT2D eigenvalue weighted by Crippen LogP contribution is 2.19. The first-order chi connectivity index (χ1) is 9.94. The Labute approximate surface area is 125 Å². The van der Waals surface area contributed by atoms with E-state index in [0.29, 0.717) is 17.7 Å². The highest BCUT2D eigenvalue weighted by atomic mass is 32.2. The Morgan fingerprint density at radius 2 is 2.00 bits per heavy atom. The van der Waals surface area contributed by atoms with Crippen LogP contribution in [0.25, 0.3) is 0 Å². The monoisotopic (exact) mass is 311 g/mol. The van der Waals surface area contributed by atoms with Crippen LogP contribution in [0.5, 0.6) is 0 Å². The number of carbonyl (C=O) groups excluding carboxylic acids is 1. The summed E-state index contributed by atoms with van der Waals surface area (Å²) in [4.78, 5) is 12.1. The highest BCUT2D eigenvalue weighted by Gasteiger charge is 2.16. The predicted octanol–water partition coefficient (Wildman–Crippen LogP) is 2.59. The van der Waals surface area contributed by atoms with E-state index in [0.717, 1.165) is 32.1 Å². The minimum absolute atomic E-state index is 0.0649. The maximum Gasteiger partial charge on any atom is 0.229 e. The normalized spacial score (nSPS) is 19.2. The Bertz CT molecular complexity index is 574. The number of nitrogens with one attached hydrogen (secondary N) is 1. The molecular formula is C15H21NO4S. The van der Waals surface area contributed by atoms with Crippen LogP contribution in [-0.4, -0.2) is 33.2 Å². The first-order valence-electron chi connectivity index (χ1n) is 7.17. The number of benzene rings is 1. The van der Waals surface area contributed by atoms with Gasteiger partial charge in [-0.2, -0.15) is 0 Å². The van der Waals surface area contributed by atoms with E-state index in [1.54, 1.807) is 24.3 Å². The predicted molar refractivity (Wildman–Crippen MR) is 82.1 cm³/mol. The van der Waals surface area contributed by atoms with Crippen LogP contribution in [0.4, 0.5) is 5.69 Å². The Morgan fingerprint density at radius 1 is 1.29 bits per heavy atom. The summed E-state index contributed by atoms with van der Waals surface area (Å²) >= 11 is 0. The SMILES string of the molecule is CS(=O)(=O)Nc1ccc(C(=O)CCC2CCCCO2)cc1. The van der Waals surface area contributed by atoms with Crippen LogP contribution in [0.15, 0.2) is 24.3 Å². The van der Waals surface area contributed by atoms with E-state index >= 15 is 0 Å². The van der Waals surface area contributed by atoms with E-state index in [4.69, 9.17) is 4.74 Å². The second-order valence-electron chi connectivity index (χ2n) is 5.40. The average molecular weight is 311 g/mol. The van der Waals surface area contributed by atoms with E-state index in [-0.39, 0.29) is 11.9 Å². The second kappa shape index (κ2) is 7.04. The number of rotatable bonds is 6. The third kappa shape index (κ3) is 5.47. The third-order valence-corrected chi connectivity index (χ3v) is 4.08. The van der Waals surface area contributed by atoms with Gasteiger partial charge in [0.2, 0.25) is 10.0 Å². The molecular weight excluding hydrogens is 290 g/mol. The smallest absolute Gasteiger partial charge is 0.229 e. The van der Waals surface area contributed by atoms with Crippen LogP contribution in [0, 0.1) is 0 Å². The number of Topliss-reactive ketones (excluding diaryl/α,β-unsaturated/α-hetero) is 1. The number of sulfonamides is 1. The molecule has 116 valence electrons. The van der Waals surface area contributed by atoms with Gasteiger partial charge in [0.25, 0.3) is 0 Å². The zero-order chi connectivity index (χ0) is 15.3. The lowest BCUT2D eigenvalue weighted by Crippen LogP contribution is -2.20. The maximum absolute atomic E-state index is 12.1. The van der Waals surface area contributed by atoms with Gasteiger partial charge in [-0.1, -0.05) is 0 Å². The largest absolute Gasteiger partial charge is 0.378 e. The van der Waals surface area contributed by atoms with Crippen LogP contribution < -0.4 is 4.72 Å². The number of hydrogen-bond acceptors (Lipinski definition) is 4. The molecule has 0 amide bonds. The standard InChI is InChI=1S/C15H21NO4S/c1-21(18,19)16-13-7-5-12(6-8-13)15(17)10-9-14-4-2-3-11-20-14/h5-8,14,16H,2-4,9-11H2,1H3. The van der Waals surface area contributed by atoms with Gasteiger partial charge in [0, 0.05) is 24.3 Å². The number of ketones is 1. The molecule has 0 aromatic heterocycles. The van der Waals surface area contributed by atoms with Crippen LogP contribution in [0.3, 0.4) is 0 Å². The molecule has 0 aliphatic carbocycles. The molecule has 21 heavy (non-hydrogen) atoms. The Morgan fingerprint density at radius 3 is 2.57 bits per heavy atom. The van der Waals surface area contributed by atoms with E-state index in [1.165, 1.54) is 6.42 Å². The summed E-state index contributed by atoms with van der Waals surface area (Å²) in [5.74, 6) is 0.0649.